The Kier molecular flexibility index (Phi) is 4.30. The normalized spacial score (nSPS) is 13.0. The third-order valence-electron chi connectivity index (χ3n) is 2.01. The summed E-state index contributed by atoms with van der Waals surface area (Å²) in [5, 5.41) is 0. The molecular formula is C8H17O4P. The molecule has 0 radical (unpaired) electrons. The van der Waals surface area contributed by atoms with Crippen molar-refractivity contribution in [2.75, 3.05) is 0 Å². The first-order valence-corrected chi connectivity index (χ1v) is 5.89. The first-order valence-electron chi connectivity index (χ1n) is 4.28. The molecule has 0 aromatic heterocycles. The number of carbonyl (C=O) groups is 1. The molecule has 0 saturated heterocycles. The molecule has 0 aliphatic heterocycles. The van der Waals surface area contributed by atoms with Gasteiger partial charge in [-0.25, -0.2) is 0 Å². The fourth-order valence-corrected chi connectivity index (χ4v) is 2.52. The van der Waals surface area contributed by atoms with Gasteiger partial charge in [0.2, 0.25) is 5.52 Å². The maximum Gasteiger partial charge on any atom is 0.391 e. The van der Waals surface area contributed by atoms with Gasteiger partial charge in [0.15, 0.2) is 0 Å². The lowest BCUT2D eigenvalue weighted by Crippen LogP contribution is -2.25. The number of hydrogen-bond acceptors (Lipinski definition) is 2. The Labute approximate surface area is 78.5 Å². The third kappa shape index (κ3) is 3.59. The van der Waals surface area contributed by atoms with E-state index in [0.717, 1.165) is 0 Å². The largest absolute Gasteiger partial charge is 0.391 e. The van der Waals surface area contributed by atoms with Crippen LogP contribution in [0.4, 0.5) is 0 Å². The molecule has 0 aliphatic carbocycles. The zero-order valence-corrected chi connectivity index (χ0v) is 9.28. The van der Waals surface area contributed by atoms with Crippen molar-refractivity contribution in [3.63, 3.8) is 0 Å². The van der Waals surface area contributed by atoms with Crippen molar-refractivity contribution in [1.82, 2.24) is 0 Å². The van der Waals surface area contributed by atoms with E-state index in [4.69, 9.17) is 9.79 Å². The van der Waals surface area contributed by atoms with E-state index in [1.165, 1.54) is 0 Å². The lowest BCUT2D eigenvalue weighted by Gasteiger charge is -2.23. The van der Waals surface area contributed by atoms with Gasteiger partial charge in [-0.15, -0.1) is 0 Å². The first-order chi connectivity index (χ1) is 5.68. The molecule has 0 saturated carbocycles. The molecular weight excluding hydrogens is 191 g/mol. The van der Waals surface area contributed by atoms with Crippen molar-refractivity contribution in [1.29, 1.82) is 0 Å². The van der Waals surface area contributed by atoms with Gasteiger partial charge in [0.25, 0.3) is 0 Å². The topological polar surface area (TPSA) is 74.6 Å². The summed E-state index contributed by atoms with van der Waals surface area (Å²) in [6.07, 6.45) is 0. The summed E-state index contributed by atoms with van der Waals surface area (Å²) < 4.78 is 10.7. The van der Waals surface area contributed by atoms with Crippen LogP contribution in [0.3, 0.4) is 0 Å². The Bertz CT molecular complexity index is 220. The van der Waals surface area contributed by atoms with Gasteiger partial charge >= 0.3 is 7.60 Å². The van der Waals surface area contributed by atoms with Gasteiger partial charge in [-0.05, 0) is 11.8 Å². The van der Waals surface area contributed by atoms with Crippen LogP contribution in [0.15, 0.2) is 0 Å². The second-order valence-corrected chi connectivity index (χ2v) is 5.42. The minimum atomic E-state index is -4.56. The zero-order chi connectivity index (χ0) is 10.8. The van der Waals surface area contributed by atoms with Crippen molar-refractivity contribution < 1.29 is 19.1 Å². The minimum absolute atomic E-state index is 0.0416. The van der Waals surface area contributed by atoms with Crippen molar-refractivity contribution >= 4 is 13.1 Å². The Morgan fingerprint density at radius 2 is 1.38 bits per heavy atom. The first kappa shape index (κ1) is 12.8. The van der Waals surface area contributed by atoms with E-state index in [1.807, 2.05) is 0 Å². The van der Waals surface area contributed by atoms with Crippen LogP contribution in [0.2, 0.25) is 0 Å². The zero-order valence-electron chi connectivity index (χ0n) is 8.39. The van der Waals surface area contributed by atoms with Gasteiger partial charge in [-0.2, -0.15) is 0 Å². The van der Waals surface area contributed by atoms with E-state index in [-0.39, 0.29) is 11.8 Å². The molecule has 0 bridgehead atoms. The molecule has 0 heterocycles. The summed E-state index contributed by atoms with van der Waals surface area (Å²) in [5.41, 5.74) is -0.933. The maximum absolute atomic E-state index is 11.3. The monoisotopic (exact) mass is 208 g/mol. The van der Waals surface area contributed by atoms with Gasteiger partial charge < -0.3 is 9.79 Å². The SMILES string of the molecule is CC(C)C(C(=O)P(=O)(O)O)C(C)C. The average Bonchev–Trinajstić information content (AvgIpc) is 1.82. The molecule has 0 aliphatic rings. The summed E-state index contributed by atoms with van der Waals surface area (Å²) in [6.45, 7) is 7.16. The van der Waals surface area contributed by atoms with Gasteiger partial charge in [0.05, 0.1) is 0 Å². The van der Waals surface area contributed by atoms with E-state index < -0.39 is 19.0 Å². The summed E-state index contributed by atoms with van der Waals surface area (Å²) in [5.74, 6) is -0.638. The smallest absolute Gasteiger partial charge is 0.319 e. The molecule has 4 nitrogen and oxygen atoms in total. The van der Waals surface area contributed by atoms with Crippen LogP contribution < -0.4 is 0 Å². The van der Waals surface area contributed by atoms with Gasteiger partial charge in [-0.1, -0.05) is 27.7 Å². The molecule has 0 unspecified atom stereocenters. The third-order valence-corrected chi connectivity index (χ3v) is 2.88. The Hall–Kier alpha value is -0.180. The number of carbonyl (C=O) groups excluding carboxylic acids is 1. The van der Waals surface area contributed by atoms with Crippen molar-refractivity contribution in [2.45, 2.75) is 27.7 Å². The highest BCUT2D eigenvalue weighted by Crippen LogP contribution is 2.42. The number of hydrogen-bond donors (Lipinski definition) is 2. The predicted octanol–water partition coefficient (Wildman–Crippen LogP) is 1.62. The molecule has 0 aromatic rings. The molecule has 0 aromatic carbocycles. The van der Waals surface area contributed by atoms with Crippen molar-refractivity contribution in [2.24, 2.45) is 17.8 Å². The second-order valence-electron chi connectivity index (χ2n) is 3.90. The van der Waals surface area contributed by atoms with E-state index >= 15 is 0 Å². The lowest BCUT2D eigenvalue weighted by molar-refractivity contribution is -0.119. The lowest BCUT2D eigenvalue weighted by atomic mass is 9.87. The van der Waals surface area contributed by atoms with Crippen LogP contribution in [-0.4, -0.2) is 15.3 Å². The highest BCUT2D eigenvalue weighted by Gasteiger charge is 2.37. The van der Waals surface area contributed by atoms with Crippen LogP contribution in [0.1, 0.15) is 27.7 Å². The summed E-state index contributed by atoms with van der Waals surface area (Å²) in [4.78, 5) is 28.7. The van der Waals surface area contributed by atoms with Gasteiger partial charge in [0.1, 0.15) is 0 Å². The predicted molar refractivity (Wildman–Crippen MR) is 50.2 cm³/mol. The molecule has 78 valence electrons. The fraction of sp³-hybridized carbons (Fsp3) is 0.875. The maximum atomic E-state index is 11.3. The van der Waals surface area contributed by atoms with Crippen LogP contribution in [0, 0.1) is 17.8 Å². The minimum Gasteiger partial charge on any atom is -0.319 e. The molecule has 13 heavy (non-hydrogen) atoms. The number of rotatable bonds is 4. The molecule has 0 fully saturated rings. The summed E-state index contributed by atoms with van der Waals surface area (Å²) >= 11 is 0. The molecule has 5 heteroatoms. The van der Waals surface area contributed by atoms with E-state index in [2.05, 4.69) is 0 Å². The van der Waals surface area contributed by atoms with E-state index in [0.29, 0.717) is 0 Å². The van der Waals surface area contributed by atoms with E-state index in [1.54, 1.807) is 27.7 Å². The molecule has 0 rings (SSSR count). The Morgan fingerprint density at radius 1 is 1.08 bits per heavy atom. The highest BCUT2D eigenvalue weighted by molar-refractivity contribution is 7.70. The summed E-state index contributed by atoms with van der Waals surface area (Å²) in [6, 6.07) is 0. The standard InChI is InChI=1S/C8H17O4P/c1-5(2)7(6(3)4)8(9)13(10,11)12/h5-7H,1-4H3,(H2,10,11,12). The van der Waals surface area contributed by atoms with Gasteiger partial charge in [0, 0.05) is 5.92 Å². The van der Waals surface area contributed by atoms with Crippen LogP contribution in [0.25, 0.3) is 0 Å². The Morgan fingerprint density at radius 3 is 1.46 bits per heavy atom. The van der Waals surface area contributed by atoms with Gasteiger partial charge in [-0.3, -0.25) is 9.36 Å². The fourth-order valence-electron chi connectivity index (χ4n) is 1.53. The van der Waals surface area contributed by atoms with Crippen molar-refractivity contribution in [3.05, 3.63) is 0 Å². The second kappa shape index (κ2) is 4.36. The molecule has 0 spiro atoms. The highest BCUT2D eigenvalue weighted by atomic mass is 31.2. The molecule has 0 amide bonds. The van der Waals surface area contributed by atoms with E-state index in [9.17, 15) is 9.36 Å². The van der Waals surface area contributed by atoms with Crippen LogP contribution in [0.5, 0.6) is 0 Å². The quantitative estimate of drug-likeness (QED) is 0.688. The summed E-state index contributed by atoms with van der Waals surface area (Å²) in [7, 11) is -4.56. The Balaban J connectivity index is 4.78. The van der Waals surface area contributed by atoms with Crippen molar-refractivity contribution in [3.8, 4) is 0 Å². The van der Waals surface area contributed by atoms with Crippen LogP contribution >= 0.6 is 7.60 Å². The molecule has 0 atom stereocenters. The average molecular weight is 208 g/mol. The van der Waals surface area contributed by atoms with Crippen LogP contribution in [-0.2, 0) is 9.36 Å². The molecule has 2 N–H and O–H groups in total.